The normalized spacial score (nSPS) is 13.1. The number of methoxy groups -OCH3 is 1. The molecule has 2 rings (SSSR count). The lowest BCUT2D eigenvalue weighted by molar-refractivity contribution is 0.181. The number of hydrogen-bond acceptors (Lipinski definition) is 5. The maximum atomic E-state index is 5.22. The maximum Gasteiger partial charge on any atom is 0.136 e. The molecule has 120 valence electrons. The van der Waals surface area contributed by atoms with Gasteiger partial charge < -0.3 is 10.1 Å². The van der Waals surface area contributed by atoms with Crippen molar-refractivity contribution < 1.29 is 4.74 Å². The fourth-order valence-electron chi connectivity index (χ4n) is 2.08. The van der Waals surface area contributed by atoms with Crippen molar-refractivity contribution in [3.05, 3.63) is 40.0 Å². The van der Waals surface area contributed by atoms with E-state index in [0.29, 0.717) is 12.5 Å². The minimum absolute atomic E-state index is 0.0838. The van der Waals surface area contributed by atoms with E-state index in [0.717, 1.165) is 23.9 Å². The van der Waals surface area contributed by atoms with Gasteiger partial charge in [-0.2, -0.15) is 0 Å². The molecule has 0 aliphatic rings. The van der Waals surface area contributed by atoms with Gasteiger partial charge in [-0.25, -0.2) is 9.97 Å². The maximum absolute atomic E-state index is 5.22. The molecule has 0 radical (unpaired) electrons. The molecule has 0 bridgehead atoms. The third-order valence-electron chi connectivity index (χ3n) is 3.36. The zero-order chi connectivity index (χ0) is 16.2. The SMILES string of the molecule is COCc1cc(NCC(C)c2cccs2)nc(C(C)(C)C)n1. The average molecular weight is 319 g/mol. The van der Waals surface area contributed by atoms with Gasteiger partial charge in [-0.1, -0.05) is 33.8 Å². The molecule has 0 spiro atoms. The van der Waals surface area contributed by atoms with Crippen molar-refractivity contribution in [2.45, 2.75) is 45.6 Å². The Bertz CT molecular complexity index is 590. The predicted molar refractivity (Wildman–Crippen MR) is 92.7 cm³/mol. The molecule has 2 aromatic rings. The molecule has 1 N–H and O–H groups in total. The van der Waals surface area contributed by atoms with Crippen LogP contribution in [0.15, 0.2) is 23.6 Å². The second-order valence-electron chi connectivity index (χ2n) is 6.55. The van der Waals surface area contributed by atoms with Crippen LogP contribution in [0.2, 0.25) is 0 Å². The van der Waals surface area contributed by atoms with E-state index < -0.39 is 0 Å². The van der Waals surface area contributed by atoms with E-state index in [2.05, 4.69) is 60.5 Å². The van der Waals surface area contributed by atoms with Crippen LogP contribution in [0.25, 0.3) is 0 Å². The van der Waals surface area contributed by atoms with Gasteiger partial charge in [0.2, 0.25) is 0 Å². The molecule has 0 aliphatic heterocycles. The van der Waals surface area contributed by atoms with Crippen LogP contribution in [0.3, 0.4) is 0 Å². The van der Waals surface area contributed by atoms with Gasteiger partial charge in [-0.15, -0.1) is 11.3 Å². The van der Waals surface area contributed by atoms with Gasteiger partial charge >= 0.3 is 0 Å². The highest BCUT2D eigenvalue weighted by molar-refractivity contribution is 7.10. The Morgan fingerprint density at radius 3 is 2.68 bits per heavy atom. The summed E-state index contributed by atoms with van der Waals surface area (Å²) >= 11 is 1.79. The van der Waals surface area contributed by atoms with Crippen molar-refractivity contribution in [1.82, 2.24) is 9.97 Å². The first-order chi connectivity index (χ1) is 10.4. The Labute approximate surface area is 137 Å². The van der Waals surface area contributed by atoms with E-state index in [1.54, 1.807) is 18.4 Å². The third-order valence-corrected chi connectivity index (χ3v) is 4.46. The number of nitrogens with zero attached hydrogens (tertiary/aromatic N) is 2. The van der Waals surface area contributed by atoms with Crippen molar-refractivity contribution in [1.29, 1.82) is 0 Å². The highest BCUT2D eigenvalue weighted by Crippen LogP contribution is 2.23. The molecule has 1 unspecified atom stereocenters. The number of ether oxygens (including phenoxy) is 1. The van der Waals surface area contributed by atoms with Crippen LogP contribution in [0.4, 0.5) is 5.82 Å². The summed E-state index contributed by atoms with van der Waals surface area (Å²) in [4.78, 5) is 10.6. The van der Waals surface area contributed by atoms with Crippen molar-refractivity contribution in [2.24, 2.45) is 0 Å². The van der Waals surface area contributed by atoms with Gasteiger partial charge in [0, 0.05) is 35.9 Å². The van der Waals surface area contributed by atoms with E-state index in [9.17, 15) is 0 Å². The minimum Gasteiger partial charge on any atom is -0.378 e. The van der Waals surface area contributed by atoms with Crippen molar-refractivity contribution in [3.63, 3.8) is 0 Å². The number of hydrogen-bond donors (Lipinski definition) is 1. The van der Waals surface area contributed by atoms with Gasteiger partial charge in [-0.3, -0.25) is 0 Å². The number of nitrogens with one attached hydrogen (secondary N) is 1. The van der Waals surface area contributed by atoms with Crippen molar-refractivity contribution in [2.75, 3.05) is 19.0 Å². The molecule has 5 heteroatoms. The Morgan fingerprint density at radius 1 is 1.32 bits per heavy atom. The number of aromatic nitrogens is 2. The second kappa shape index (κ2) is 7.20. The van der Waals surface area contributed by atoms with Gasteiger partial charge in [0.05, 0.1) is 12.3 Å². The van der Waals surface area contributed by atoms with Gasteiger partial charge in [0.25, 0.3) is 0 Å². The Balaban J connectivity index is 2.13. The Morgan fingerprint density at radius 2 is 2.09 bits per heavy atom. The molecule has 0 fully saturated rings. The van der Waals surface area contributed by atoms with E-state index in [1.807, 2.05) is 6.07 Å². The lowest BCUT2D eigenvalue weighted by Crippen LogP contribution is -2.19. The predicted octanol–water partition coefficient (Wildman–Crippen LogP) is 4.20. The quantitative estimate of drug-likeness (QED) is 0.867. The summed E-state index contributed by atoms with van der Waals surface area (Å²) < 4.78 is 5.22. The summed E-state index contributed by atoms with van der Waals surface area (Å²) in [6, 6.07) is 6.24. The molecule has 4 nitrogen and oxygen atoms in total. The molecule has 2 heterocycles. The van der Waals surface area contributed by atoms with Crippen LogP contribution in [0, 0.1) is 0 Å². The molecular weight excluding hydrogens is 294 g/mol. The Hall–Kier alpha value is -1.46. The van der Waals surface area contributed by atoms with Gasteiger partial charge in [0.15, 0.2) is 0 Å². The van der Waals surface area contributed by atoms with E-state index in [4.69, 9.17) is 4.74 Å². The van der Waals surface area contributed by atoms with Gasteiger partial charge in [0.1, 0.15) is 11.6 Å². The number of thiophene rings is 1. The molecule has 22 heavy (non-hydrogen) atoms. The minimum atomic E-state index is -0.0838. The number of anilines is 1. The largest absolute Gasteiger partial charge is 0.378 e. The number of rotatable bonds is 6. The Kier molecular flexibility index (Phi) is 5.53. The van der Waals surface area contributed by atoms with Crippen LogP contribution in [-0.2, 0) is 16.8 Å². The zero-order valence-electron chi connectivity index (χ0n) is 14.0. The lowest BCUT2D eigenvalue weighted by Gasteiger charge is -2.19. The summed E-state index contributed by atoms with van der Waals surface area (Å²) in [5, 5.41) is 5.56. The monoisotopic (exact) mass is 319 g/mol. The summed E-state index contributed by atoms with van der Waals surface area (Å²) in [5.74, 6) is 2.17. The smallest absolute Gasteiger partial charge is 0.136 e. The summed E-state index contributed by atoms with van der Waals surface area (Å²) in [6.45, 7) is 9.94. The molecule has 0 saturated heterocycles. The molecule has 2 aromatic heterocycles. The van der Waals surface area contributed by atoms with Crippen LogP contribution in [0.5, 0.6) is 0 Å². The van der Waals surface area contributed by atoms with Crippen LogP contribution < -0.4 is 5.32 Å². The molecular formula is C17H25N3OS. The van der Waals surface area contributed by atoms with Crippen LogP contribution in [-0.4, -0.2) is 23.6 Å². The third kappa shape index (κ3) is 4.52. The second-order valence-corrected chi connectivity index (χ2v) is 7.53. The molecule has 0 aliphatic carbocycles. The molecule has 0 amide bonds. The van der Waals surface area contributed by atoms with E-state index in [1.165, 1.54) is 4.88 Å². The van der Waals surface area contributed by atoms with Crippen LogP contribution in [0.1, 0.15) is 50.0 Å². The standard InChI is InChI=1S/C17H25N3OS/c1-12(14-7-6-8-22-14)10-18-15-9-13(11-21-5)19-16(20-15)17(2,3)4/h6-9,12H,10-11H2,1-5H3,(H,18,19,20). The van der Waals surface area contributed by atoms with Crippen molar-refractivity contribution >= 4 is 17.2 Å². The zero-order valence-corrected chi connectivity index (χ0v) is 14.8. The average Bonchev–Trinajstić information content (AvgIpc) is 2.98. The molecule has 0 saturated carbocycles. The molecule has 0 aromatic carbocycles. The summed E-state index contributed by atoms with van der Waals surface area (Å²) in [6.07, 6.45) is 0. The highest BCUT2D eigenvalue weighted by atomic mass is 32.1. The topological polar surface area (TPSA) is 47.0 Å². The fourth-order valence-corrected chi connectivity index (χ4v) is 2.86. The first-order valence-corrected chi connectivity index (χ1v) is 8.42. The summed E-state index contributed by atoms with van der Waals surface area (Å²) in [7, 11) is 1.69. The first kappa shape index (κ1) is 16.9. The van der Waals surface area contributed by atoms with E-state index in [-0.39, 0.29) is 5.41 Å². The van der Waals surface area contributed by atoms with Gasteiger partial charge in [-0.05, 0) is 11.4 Å². The first-order valence-electron chi connectivity index (χ1n) is 7.55. The van der Waals surface area contributed by atoms with E-state index >= 15 is 0 Å². The van der Waals surface area contributed by atoms with Crippen LogP contribution >= 0.6 is 11.3 Å². The van der Waals surface area contributed by atoms with Crippen molar-refractivity contribution in [3.8, 4) is 0 Å². The molecule has 1 atom stereocenters. The fraction of sp³-hybridized carbons (Fsp3) is 0.529. The lowest BCUT2D eigenvalue weighted by atomic mass is 9.95. The summed E-state index contributed by atoms with van der Waals surface area (Å²) in [5.41, 5.74) is 0.827. The highest BCUT2D eigenvalue weighted by Gasteiger charge is 2.19.